The van der Waals surface area contributed by atoms with Crippen LogP contribution in [0.1, 0.15) is 16.8 Å². The molecule has 2 saturated heterocycles. The van der Waals surface area contributed by atoms with E-state index in [2.05, 4.69) is 15.2 Å². The zero-order chi connectivity index (χ0) is 12.0. The van der Waals surface area contributed by atoms with Crippen LogP contribution in [0.2, 0.25) is 5.15 Å². The number of primary amides is 1. The maximum atomic E-state index is 11.2. The van der Waals surface area contributed by atoms with Gasteiger partial charge in [-0.1, -0.05) is 11.6 Å². The maximum Gasteiger partial charge on any atom is 0.251 e. The Morgan fingerprint density at radius 2 is 2.47 bits per heavy atom. The molecule has 2 atom stereocenters. The van der Waals surface area contributed by atoms with E-state index in [-0.39, 0.29) is 5.15 Å². The van der Waals surface area contributed by atoms with Gasteiger partial charge in [0.15, 0.2) is 0 Å². The Kier molecular flexibility index (Phi) is 2.45. The van der Waals surface area contributed by atoms with Gasteiger partial charge in [-0.25, -0.2) is 4.98 Å². The molecule has 0 unspecified atom stereocenters. The first-order valence-electron chi connectivity index (χ1n) is 5.60. The fraction of sp³-hybridized carbons (Fsp3) is 0.455. The molecule has 0 spiro atoms. The Balaban J connectivity index is 1.93. The number of halogens is 1. The number of nitrogens with zero attached hydrogens (tertiary/aromatic N) is 2. The summed E-state index contributed by atoms with van der Waals surface area (Å²) in [4.78, 5) is 17.5. The Morgan fingerprint density at radius 3 is 3.06 bits per heavy atom. The quantitative estimate of drug-likeness (QED) is 0.747. The number of carbonyl (C=O) groups is 1. The minimum Gasteiger partial charge on any atom is -0.366 e. The highest BCUT2D eigenvalue weighted by atomic mass is 35.5. The average Bonchev–Trinajstić information content (AvgIpc) is 2.91. The van der Waals surface area contributed by atoms with E-state index in [1.807, 2.05) is 0 Å². The number of nitrogens with two attached hydrogens (primary N) is 1. The van der Waals surface area contributed by atoms with Gasteiger partial charge >= 0.3 is 0 Å². The monoisotopic (exact) mass is 252 g/mol. The predicted molar refractivity (Wildman–Crippen MR) is 65.3 cm³/mol. The lowest BCUT2D eigenvalue weighted by Crippen LogP contribution is -2.43. The lowest BCUT2D eigenvalue weighted by atomic mass is 10.2. The minimum absolute atomic E-state index is 0.170. The zero-order valence-corrected chi connectivity index (χ0v) is 9.94. The van der Waals surface area contributed by atoms with Crippen molar-refractivity contribution in [3.63, 3.8) is 0 Å². The molecule has 2 bridgehead atoms. The number of fused-ring (bicyclic) bond motifs is 2. The van der Waals surface area contributed by atoms with Crippen LogP contribution in [0, 0.1) is 0 Å². The Labute approximate surface area is 104 Å². The third kappa shape index (κ3) is 1.75. The first kappa shape index (κ1) is 10.8. The van der Waals surface area contributed by atoms with Gasteiger partial charge in [-0.05, 0) is 12.5 Å². The molecule has 2 aliphatic rings. The van der Waals surface area contributed by atoms with Crippen molar-refractivity contribution in [3.8, 4) is 0 Å². The van der Waals surface area contributed by atoms with Crippen LogP contribution in [0.5, 0.6) is 0 Å². The molecular weight excluding hydrogens is 240 g/mol. The van der Waals surface area contributed by atoms with E-state index >= 15 is 0 Å². The Morgan fingerprint density at radius 1 is 1.65 bits per heavy atom. The van der Waals surface area contributed by atoms with E-state index in [9.17, 15) is 4.79 Å². The third-order valence-electron chi connectivity index (χ3n) is 3.48. The highest BCUT2D eigenvalue weighted by Gasteiger charge is 2.37. The van der Waals surface area contributed by atoms with E-state index in [1.165, 1.54) is 0 Å². The highest BCUT2D eigenvalue weighted by molar-refractivity contribution is 6.32. The van der Waals surface area contributed by atoms with Crippen molar-refractivity contribution in [2.45, 2.75) is 18.5 Å². The van der Waals surface area contributed by atoms with Crippen molar-refractivity contribution in [3.05, 3.63) is 23.0 Å². The van der Waals surface area contributed by atoms with Crippen LogP contribution < -0.4 is 16.0 Å². The van der Waals surface area contributed by atoms with Gasteiger partial charge in [-0.2, -0.15) is 0 Å². The van der Waals surface area contributed by atoms with Gasteiger partial charge in [-0.3, -0.25) is 4.79 Å². The van der Waals surface area contributed by atoms with E-state index < -0.39 is 5.91 Å². The number of piperazine rings is 1. The normalized spacial score (nSPS) is 26.5. The van der Waals surface area contributed by atoms with E-state index in [4.69, 9.17) is 17.3 Å². The molecule has 0 saturated carbocycles. The molecule has 3 heterocycles. The molecule has 2 aliphatic heterocycles. The van der Waals surface area contributed by atoms with Crippen molar-refractivity contribution in [2.75, 3.05) is 18.0 Å². The van der Waals surface area contributed by atoms with Gasteiger partial charge in [0.25, 0.3) is 5.91 Å². The SMILES string of the molecule is NC(=O)c1cc(N2C[C@@H]3C[C@H]2CN3)cnc1Cl. The standard InChI is InChI=1S/C11H13ClN4O/c12-10-9(11(13)17)2-8(4-15-10)16-5-6-1-7(16)3-14-6/h2,4,6-7,14H,1,3,5H2,(H2,13,17)/t6-,7-/m0/s1. The second kappa shape index (κ2) is 3.85. The molecular formula is C11H13ClN4O. The van der Waals surface area contributed by atoms with Gasteiger partial charge in [0.1, 0.15) is 5.15 Å². The van der Waals surface area contributed by atoms with E-state index in [0.717, 1.165) is 25.2 Å². The predicted octanol–water partition coefficient (Wildman–Crippen LogP) is 0.384. The molecule has 0 radical (unpaired) electrons. The summed E-state index contributed by atoms with van der Waals surface area (Å²) in [5, 5.41) is 3.59. The summed E-state index contributed by atoms with van der Waals surface area (Å²) < 4.78 is 0. The smallest absolute Gasteiger partial charge is 0.251 e. The van der Waals surface area contributed by atoms with Crippen LogP contribution in [-0.4, -0.2) is 36.1 Å². The number of amides is 1. The van der Waals surface area contributed by atoms with Crippen molar-refractivity contribution < 1.29 is 4.79 Å². The number of pyridine rings is 1. The molecule has 1 amide bonds. The fourth-order valence-corrected chi connectivity index (χ4v) is 2.84. The number of anilines is 1. The molecule has 3 rings (SSSR count). The second-order valence-corrected chi connectivity index (χ2v) is 4.90. The summed E-state index contributed by atoms with van der Waals surface area (Å²) in [6, 6.07) is 2.77. The molecule has 2 fully saturated rings. The van der Waals surface area contributed by atoms with Gasteiger partial charge in [0.05, 0.1) is 17.4 Å². The molecule has 5 nitrogen and oxygen atoms in total. The van der Waals surface area contributed by atoms with E-state index in [0.29, 0.717) is 17.6 Å². The van der Waals surface area contributed by atoms with Gasteiger partial charge < -0.3 is 16.0 Å². The number of rotatable bonds is 2. The van der Waals surface area contributed by atoms with Crippen LogP contribution >= 0.6 is 11.6 Å². The van der Waals surface area contributed by atoms with Crippen LogP contribution in [0.3, 0.4) is 0 Å². The zero-order valence-electron chi connectivity index (χ0n) is 9.19. The average molecular weight is 253 g/mol. The maximum absolute atomic E-state index is 11.2. The first-order chi connectivity index (χ1) is 8.15. The van der Waals surface area contributed by atoms with Gasteiger partial charge in [0.2, 0.25) is 0 Å². The highest BCUT2D eigenvalue weighted by Crippen LogP contribution is 2.30. The summed E-state index contributed by atoms with van der Waals surface area (Å²) >= 11 is 5.83. The largest absolute Gasteiger partial charge is 0.366 e. The van der Waals surface area contributed by atoms with Crippen LogP contribution in [0.25, 0.3) is 0 Å². The lowest BCUT2D eigenvalue weighted by molar-refractivity contribution is 0.1000. The summed E-state index contributed by atoms with van der Waals surface area (Å²) in [7, 11) is 0. The topological polar surface area (TPSA) is 71.2 Å². The number of hydrogen-bond acceptors (Lipinski definition) is 4. The number of aromatic nitrogens is 1. The fourth-order valence-electron chi connectivity index (χ4n) is 2.64. The third-order valence-corrected chi connectivity index (χ3v) is 3.78. The Bertz CT molecular complexity index is 479. The molecule has 6 heteroatoms. The molecule has 0 aliphatic carbocycles. The molecule has 90 valence electrons. The van der Waals surface area contributed by atoms with Crippen molar-refractivity contribution in [1.29, 1.82) is 0 Å². The van der Waals surface area contributed by atoms with Crippen molar-refractivity contribution in [2.24, 2.45) is 5.73 Å². The van der Waals surface area contributed by atoms with Crippen molar-refractivity contribution in [1.82, 2.24) is 10.3 Å². The summed E-state index contributed by atoms with van der Waals surface area (Å²) in [5.41, 5.74) is 6.48. The molecule has 0 aromatic carbocycles. The number of nitrogens with one attached hydrogen (secondary N) is 1. The molecule has 3 N–H and O–H groups in total. The summed E-state index contributed by atoms with van der Waals surface area (Å²) in [6.45, 7) is 1.94. The Hall–Kier alpha value is -1.33. The first-order valence-corrected chi connectivity index (χ1v) is 5.98. The molecule has 1 aromatic rings. The van der Waals surface area contributed by atoms with Gasteiger partial charge in [0, 0.05) is 25.2 Å². The second-order valence-electron chi connectivity index (χ2n) is 4.54. The summed E-state index contributed by atoms with van der Waals surface area (Å²) in [5.74, 6) is -0.535. The molecule has 1 aromatic heterocycles. The van der Waals surface area contributed by atoms with Crippen molar-refractivity contribution >= 4 is 23.2 Å². The minimum atomic E-state index is -0.535. The van der Waals surface area contributed by atoms with Crippen LogP contribution in [0.4, 0.5) is 5.69 Å². The number of carbonyl (C=O) groups excluding carboxylic acids is 1. The summed E-state index contributed by atoms with van der Waals surface area (Å²) in [6.07, 6.45) is 2.85. The van der Waals surface area contributed by atoms with Crippen LogP contribution in [-0.2, 0) is 0 Å². The lowest BCUT2D eigenvalue weighted by Gasteiger charge is -2.29. The molecule has 17 heavy (non-hydrogen) atoms. The van der Waals surface area contributed by atoms with E-state index in [1.54, 1.807) is 12.3 Å². The number of hydrogen-bond donors (Lipinski definition) is 2. The van der Waals surface area contributed by atoms with Crippen LogP contribution in [0.15, 0.2) is 12.3 Å². The van der Waals surface area contributed by atoms with Gasteiger partial charge in [-0.15, -0.1) is 0 Å².